The van der Waals surface area contributed by atoms with Crippen molar-refractivity contribution >= 4 is 18.4 Å². The first-order valence-electron chi connectivity index (χ1n) is 7.48. The minimum absolute atomic E-state index is 0. The van der Waals surface area contributed by atoms with E-state index in [4.69, 9.17) is 5.11 Å². The molecule has 8 heteroatoms. The average molecular weight is 338 g/mol. The maximum absolute atomic E-state index is 10.6. The number of aryl methyl sites for hydroxylation is 1. The predicted molar refractivity (Wildman–Crippen MR) is 86.2 cm³/mol. The van der Waals surface area contributed by atoms with Crippen molar-refractivity contribution in [3.63, 3.8) is 0 Å². The van der Waals surface area contributed by atoms with Crippen molar-refractivity contribution in [2.75, 3.05) is 6.54 Å². The number of carboxylic acid groups (broad SMARTS) is 1. The average Bonchev–Trinajstić information content (AvgIpc) is 2.94. The van der Waals surface area contributed by atoms with Crippen LogP contribution in [0.1, 0.15) is 29.8 Å². The van der Waals surface area contributed by atoms with Crippen LogP contribution in [0.2, 0.25) is 0 Å². The van der Waals surface area contributed by atoms with Crippen LogP contribution in [0.25, 0.3) is 0 Å². The SMILES string of the molecule is Cl.O=C(O)CCCn1nnnc1CN1CCc2ccccc2C1. The van der Waals surface area contributed by atoms with Crippen molar-refractivity contribution in [1.29, 1.82) is 0 Å². The summed E-state index contributed by atoms with van der Waals surface area (Å²) in [5.41, 5.74) is 2.78. The second-order valence-corrected chi connectivity index (χ2v) is 5.54. The fraction of sp³-hybridized carbons (Fsp3) is 0.467. The number of halogens is 1. The van der Waals surface area contributed by atoms with Crippen molar-refractivity contribution in [3.05, 3.63) is 41.2 Å². The van der Waals surface area contributed by atoms with Crippen molar-refractivity contribution in [3.8, 4) is 0 Å². The van der Waals surface area contributed by atoms with Crippen LogP contribution in [0.15, 0.2) is 24.3 Å². The van der Waals surface area contributed by atoms with Gasteiger partial charge in [0.15, 0.2) is 5.82 Å². The summed E-state index contributed by atoms with van der Waals surface area (Å²) in [6.45, 7) is 3.12. The van der Waals surface area contributed by atoms with Gasteiger partial charge in [0, 0.05) is 26.1 Å². The number of benzene rings is 1. The van der Waals surface area contributed by atoms with E-state index in [1.54, 1.807) is 4.68 Å². The zero-order chi connectivity index (χ0) is 15.4. The molecule has 0 atom stereocenters. The molecule has 2 heterocycles. The normalized spacial score (nSPS) is 14.1. The Hall–Kier alpha value is -1.99. The molecular formula is C15H20ClN5O2. The molecule has 1 aromatic heterocycles. The van der Waals surface area contributed by atoms with E-state index in [0.717, 1.165) is 25.3 Å². The molecule has 0 spiro atoms. The van der Waals surface area contributed by atoms with Gasteiger partial charge in [-0.15, -0.1) is 17.5 Å². The van der Waals surface area contributed by atoms with E-state index in [-0.39, 0.29) is 18.8 Å². The molecule has 0 aliphatic carbocycles. The van der Waals surface area contributed by atoms with Gasteiger partial charge < -0.3 is 5.11 Å². The van der Waals surface area contributed by atoms with Gasteiger partial charge in [-0.25, -0.2) is 4.68 Å². The monoisotopic (exact) mass is 337 g/mol. The maximum atomic E-state index is 10.6. The van der Waals surface area contributed by atoms with Crippen LogP contribution in [0, 0.1) is 0 Å². The number of hydrogen-bond acceptors (Lipinski definition) is 5. The lowest BCUT2D eigenvalue weighted by Gasteiger charge is -2.28. The molecule has 3 rings (SSSR count). The summed E-state index contributed by atoms with van der Waals surface area (Å²) >= 11 is 0. The maximum Gasteiger partial charge on any atom is 0.303 e. The van der Waals surface area contributed by atoms with Crippen molar-refractivity contribution in [2.45, 2.75) is 38.9 Å². The standard InChI is InChI=1S/C15H19N5O2.ClH/c21-15(22)6-3-8-20-14(16-17-18-20)11-19-9-7-12-4-1-2-5-13(12)10-19;/h1-2,4-5H,3,6-11H2,(H,21,22);1H. The Morgan fingerprint density at radius 2 is 2.04 bits per heavy atom. The number of carbonyl (C=O) groups is 1. The third-order valence-electron chi connectivity index (χ3n) is 3.94. The van der Waals surface area contributed by atoms with Crippen molar-refractivity contribution < 1.29 is 9.90 Å². The first kappa shape index (κ1) is 17.4. The van der Waals surface area contributed by atoms with Crippen LogP contribution in [0.4, 0.5) is 0 Å². The highest BCUT2D eigenvalue weighted by atomic mass is 35.5. The smallest absolute Gasteiger partial charge is 0.303 e. The van der Waals surface area contributed by atoms with Gasteiger partial charge in [0.1, 0.15) is 0 Å². The lowest BCUT2D eigenvalue weighted by Crippen LogP contribution is -2.31. The third-order valence-corrected chi connectivity index (χ3v) is 3.94. The van der Waals surface area contributed by atoms with Gasteiger partial charge in [-0.05, 0) is 34.4 Å². The van der Waals surface area contributed by atoms with Crippen LogP contribution >= 0.6 is 12.4 Å². The summed E-state index contributed by atoms with van der Waals surface area (Å²) in [6.07, 6.45) is 1.71. The Morgan fingerprint density at radius 1 is 1.26 bits per heavy atom. The highest BCUT2D eigenvalue weighted by molar-refractivity contribution is 5.85. The quantitative estimate of drug-likeness (QED) is 0.860. The molecule has 0 saturated heterocycles. The minimum Gasteiger partial charge on any atom is -0.481 e. The van der Waals surface area contributed by atoms with E-state index < -0.39 is 5.97 Å². The molecule has 1 aliphatic rings. The molecule has 7 nitrogen and oxygen atoms in total. The second-order valence-electron chi connectivity index (χ2n) is 5.54. The number of fused-ring (bicyclic) bond motifs is 1. The molecule has 124 valence electrons. The molecule has 1 aliphatic heterocycles. The van der Waals surface area contributed by atoms with E-state index in [9.17, 15) is 4.79 Å². The van der Waals surface area contributed by atoms with E-state index in [0.29, 0.717) is 19.5 Å². The molecule has 0 radical (unpaired) electrons. The van der Waals surface area contributed by atoms with E-state index >= 15 is 0 Å². The molecule has 0 saturated carbocycles. The van der Waals surface area contributed by atoms with Gasteiger partial charge in [0.25, 0.3) is 0 Å². The van der Waals surface area contributed by atoms with Gasteiger partial charge in [0.2, 0.25) is 0 Å². The van der Waals surface area contributed by atoms with Crippen LogP contribution in [0.3, 0.4) is 0 Å². The Balaban J connectivity index is 0.00000192. The molecule has 2 aromatic rings. The molecule has 23 heavy (non-hydrogen) atoms. The lowest BCUT2D eigenvalue weighted by molar-refractivity contribution is -0.137. The van der Waals surface area contributed by atoms with Gasteiger partial charge in [-0.2, -0.15) is 0 Å². The summed E-state index contributed by atoms with van der Waals surface area (Å²) in [4.78, 5) is 12.9. The third kappa shape index (κ3) is 4.49. The molecular weight excluding hydrogens is 318 g/mol. The highest BCUT2D eigenvalue weighted by Gasteiger charge is 2.18. The van der Waals surface area contributed by atoms with Crippen LogP contribution in [-0.4, -0.2) is 42.7 Å². The fourth-order valence-electron chi connectivity index (χ4n) is 2.78. The number of tetrazole rings is 1. The van der Waals surface area contributed by atoms with Crippen LogP contribution in [-0.2, 0) is 30.8 Å². The van der Waals surface area contributed by atoms with Crippen LogP contribution < -0.4 is 0 Å². The number of aromatic nitrogens is 4. The van der Waals surface area contributed by atoms with Crippen molar-refractivity contribution in [1.82, 2.24) is 25.1 Å². The number of hydrogen-bond donors (Lipinski definition) is 1. The zero-order valence-electron chi connectivity index (χ0n) is 12.8. The molecule has 0 fully saturated rings. The topological polar surface area (TPSA) is 84.1 Å². The predicted octanol–water partition coefficient (Wildman–Crippen LogP) is 1.52. The Bertz CT molecular complexity index is 661. The Kier molecular flexibility index (Phi) is 6.06. The largest absolute Gasteiger partial charge is 0.481 e. The summed E-state index contributed by atoms with van der Waals surface area (Å²) in [5.74, 6) is 0.00651. The van der Waals surface area contributed by atoms with Gasteiger partial charge >= 0.3 is 5.97 Å². The summed E-state index contributed by atoms with van der Waals surface area (Å²) in [5, 5.41) is 20.5. The summed E-state index contributed by atoms with van der Waals surface area (Å²) in [6, 6.07) is 8.50. The lowest BCUT2D eigenvalue weighted by atomic mass is 10.00. The molecule has 1 N–H and O–H groups in total. The van der Waals surface area contributed by atoms with Crippen molar-refractivity contribution in [2.24, 2.45) is 0 Å². The van der Waals surface area contributed by atoms with Gasteiger partial charge in [-0.3, -0.25) is 9.69 Å². The van der Waals surface area contributed by atoms with Gasteiger partial charge in [-0.1, -0.05) is 24.3 Å². The summed E-state index contributed by atoms with van der Waals surface area (Å²) in [7, 11) is 0. The fourth-order valence-corrected chi connectivity index (χ4v) is 2.78. The first-order valence-corrected chi connectivity index (χ1v) is 7.48. The summed E-state index contributed by atoms with van der Waals surface area (Å²) < 4.78 is 1.71. The molecule has 0 bridgehead atoms. The van der Waals surface area contributed by atoms with E-state index in [1.165, 1.54) is 11.1 Å². The first-order chi connectivity index (χ1) is 10.7. The number of rotatable bonds is 6. The molecule has 1 aromatic carbocycles. The van der Waals surface area contributed by atoms with Crippen LogP contribution in [0.5, 0.6) is 0 Å². The molecule has 0 amide bonds. The van der Waals surface area contributed by atoms with E-state index in [1.807, 2.05) is 0 Å². The number of carboxylic acids is 1. The number of aliphatic carboxylic acids is 1. The van der Waals surface area contributed by atoms with Gasteiger partial charge in [0.05, 0.1) is 6.54 Å². The minimum atomic E-state index is -0.790. The highest BCUT2D eigenvalue weighted by Crippen LogP contribution is 2.19. The second kappa shape index (κ2) is 8.03. The number of nitrogens with zero attached hydrogens (tertiary/aromatic N) is 5. The Morgan fingerprint density at radius 3 is 2.83 bits per heavy atom. The van der Waals surface area contributed by atoms with E-state index in [2.05, 4.69) is 44.7 Å². The Labute approximate surface area is 140 Å². The molecule has 0 unspecified atom stereocenters. The zero-order valence-corrected chi connectivity index (χ0v) is 13.6.